The second-order valence-corrected chi connectivity index (χ2v) is 5.14. The fourth-order valence-corrected chi connectivity index (χ4v) is 2.54. The van der Waals surface area contributed by atoms with E-state index in [0.717, 1.165) is 16.3 Å². The summed E-state index contributed by atoms with van der Waals surface area (Å²) in [6, 6.07) is 13.9. The summed E-state index contributed by atoms with van der Waals surface area (Å²) >= 11 is 0. The highest BCUT2D eigenvalue weighted by molar-refractivity contribution is 5.83. The van der Waals surface area contributed by atoms with E-state index in [0.29, 0.717) is 6.54 Å². The zero-order valence-corrected chi connectivity index (χ0v) is 11.9. The summed E-state index contributed by atoms with van der Waals surface area (Å²) in [6.07, 6.45) is 2.77. The van der Waals surface area contributed by atoms with Crippen LogP contribution in [0.4, 0.5) is 0 Å². The number of rotatable bonds is 4. The minimum Gasteiger partial charge on any atom is -0.387 e. The second-order valence-electron chi connectivity index (χ2n) is 5.14. The summed E-state index contributed by atoms with van der Waals surface area (Å²) in [5.74, 6) is 0. The number of imidazole rings is 1. The van der Waals surface area contributed by atoms with Gasteiger partial charge in [0.1, 0.15) is 0 Å². The maximum Gasteiger partial charge on any atom is 0.328 e. The molecule has 0 saturated heterocycles. The first-order valence-electron chi connectivity index (χ1n) is 7.11. The molecule has 1 N–H and O–H groups in total. The fraction of sp³-hybridized carbons (Fsp3) is 0.235. The number of aryl methyl sites for hydroxylation is 1. The third-order valence-electron chi connectivity index (χ3n) is 3.79. The van der Waals surface area contributed by atoms with Crippen molar-refractivity contribution in [3.05, 3.63) is 70.9 Å². The molecule has 0 spiro atoms. The third kappa shape index (κ3) is 2.62. The van der Waals surface area contributed by atoms with Crippen molar-refractivity contribution in [3.8, 4) is 0 Å². The van der Waals surface area contributed by atoms with Gasteiger partial charge in [-0.2, -0.15) is 0 Å². The van der Waals surface area contributed by atoms with Crippen LogP contribution in [0.25, 0.3) is 10.8 Å². The van der Waals surface area contributed by atoms with Gasteiger partial charge in [-0.05, 0) is 29.3 Å². The zero-order valence-electron chi connectivity index (χ0n) is 11.9. The molecule has 3 aromatic rings. The van der Waals surface area contributed by atoms with Crippen LogP contribution in [0.5, 0.6) is 0 Å². The van der Waals surface area contributed by atoms with Crippen LogP contribution in [0.3, 0.4) is 0 Å². The van der Waals surface area contributed by atoms with Crippen LogP contribution in [-0.2, 0) is 13.1 Å². The van der Waals surface area contributed by atoms with Crippen molar-refractivity contribution in [1.82, 2.24) is 9.13 Å². The van der Waals surface area contributed by atoms with E-state index < -0.39 is 6.10 Å². The Bertz CT molecular complexity index is 817. The molecule has 21 heavy (non-hydrogen) atoms. The quantitative estimate of drug-likeness (QED) is 0.799. The Morgan fingerprint density at radius 1 is 1.05 bits per heavy atom. The van der Waals surface area contributed by atoms with Gasteiger partial charge in [0.05, 0.1) is 12.6 Å². The van der Waals surface area contributed by atoms with E-state index in [1.807, 2.05) is 49.4 Å². The maximum absolute atomic E-state index is 12.0. The predicted octanol–water partition coefficient (Wildman–Crippen LogP) is 2.56. The van der Waals surface area contributed by atoms with Crippen molar-refractivity contribution in [2.75, 3.05) is 0 Å². The summed E-state index contributed by atoms with van der Waals surface area (Å²) in [5, 5.41) is 12.6. The Hall–Kier alpha value is -2.33. The lowest BCUT2D eigenvalue weighted by molar-refractivity contribution is 0.155. The van der Waals surface area contributed by atoms with Gasteiger partial charge < -0.3 is 5.11 Å². The van der Waals surface area contributed by atoms with Crippen molar-refractivity contribution in [2.45, 2.75) is 26.1 Å². The monoisotopic (exact) mass is 282 g/mol. The van der Waals surface area contributed by atoms with Crippen molar-refractivity contribution in [2.24, 2.45) is 0 Å². The van der Waals surface area contributed by atoms with Crippen LogP contribution in [0.15, 0.2) is 59.7 Å². The summed E-state index contributed by atoms with van der Waals surface area (Å²) in [4.78, 5) is 12.0. The normalized spacial score (nSPS) is 12.7. The van der Waals surface area contributed by atoms with Crippen molar-refractivity contribution >= 4 is 10.8 Å². The van der Waals surface area contributed by atoms with Gasteiger partial charge in [-0.15, -0.1) is 0 Å². The Kier molecular flexibility index (Phi) is 3.62. The number of nitrogens with zero attached hydrogens (tertiary/aromatic N) is 2. The molecule has 1 unspecified atom stereocenters. The average molecular weight is 282 g/mol. The molecule has 0 amide bonds. The van der Waals surface area contributed by atoms with Crippen LogP contribution in [0, 0.1) is 0 Å². The third-order valence-corrected chi connectivity index (χ3v) is 3.79. The molecule has 4 heteroatoms. The van der Waals surface area contributed by atoms with Gasteiger partial charge in [0, 0.05) is 18.9 Å². The highest BCUT2D eigenvalue weighted by Gasteiger charge is 2.11. The summed E-state index contributed by atoms with van der Waals surface area (Å²) < 4.78 is 3.16. The molecule has 0 radical (unpaired) electrons. The topological polar surface area (TPSA) is 47.2 Å². The highest BCUT2D eigenvalue weighted by atomic mass is 16.3. The number of hydrogen-bond acceptors (Lipinski definition) is 2. The number of fused-ring (bicyclic) bond motifs is 1. The van der Waals surface area contributed by atoms with E-state index in [-0.39, 0.29) is 12.2 Å². The summed E-state index contributed by atoms with van der Waals surface area (Å²) in [5.41, 5.74) is 0.738. The Labute approximate surface area is 122 Å². The molecule has 3 rings (SSSR count). The summed E-state index contributed by atoms with van der Waals surface area (Å²) in [6.45, 7) is 2.83. The Balaban J connectivity index is 1.87. The van der Waals surface area contributed by atoms with Gasteiger partial charge >= 0.3 is 5.69 Å². The number of hydrogen-bond donors (Lipinski definition) is 1. The lowest BCUT2D eigenvalue weighted by Crippen LogP contribution is -2.25. The molecule has 108 valence electrons. The van der Waals surface area contributed by atoms with Gasteiger partial charge in [-0.3, -0.25) is 9.13 Å². The minimum absolute atomic E-state index is 0.0858. The smallest absolute Gasteiger partial charge is 0.328 e. The summed E-state index contributed by atoms with van der Waals surface area (Å²) in [7, 11) is 0. The van der Waals surface area contributed by atoms with Crippen molar-refractivity contribution < 1.29 is 5.11 Å². The number of aliphatic hydroxyl groups is 1. The maximum atomic E-state index is 12.0. The Morgan fingerprint density at radius 3 is 2.48 bits per heavy atom. The second kappa shape index (κ2) is 5.58. The molecule has 0 aliphatic rings. The van der Waals surface area contributed by atoms with E-state index in [4.69, 9.17) is 0 Å². The van der Waals surface area contributed by atoms with E-state index in [1.165, 1.54) is 0 Å². The average Bonchev–Trinajstić information content (AvgIpc) is 2.87. The first kappa shape index (κ1) is 13.6. The lowest BCUT2D eigenvalue weighted by Gasteiger charge is -2.12. The van der Waals surface area contributed by atoms with Crippen LogP contribution >= 0.6 is 0 Å². The number of aliphatic hydroxyl groups excluding tert-OH is 1. The number of benzene rings is 2. The molecule has 0 saturated carbocycles. The molecule has 1 heterocycles. The van der Waals surface area contributed by atoms with Crippen LogP contribution in [-0.4, -0.2) is 14.2 Å². The van der Waals surface area contributed by atoms with E-state index >= 15 is 0 Å². The molecule has 1 atom stereocenters. The molecule has 2 aromatic carbocycles. The van der Waals surface area contributed by atoms with Gasteiger partial charge in [-0.1, -0.05) is 36.4 Å². The van der Waals surface area contributed by atoms with Crippen LogP contribution in [0.1, 0.15) is 18.6 Å². The largest absolute Gasteiger partial charge is 0.387 e. The minimum atomic E-state index is -0.694. The van der Waals surface area contributed by atoms with E-state index in [2.05, 4.69) is 0 Å². The van der Waals surface area contributed by atoms with Crippen molar-refractivity contribution in [1.29, 1.82) is 0 Å². The van der Waals surface area contributed by atoms with E-state index in [1.54, 1.807) is 21.5 Å². The molecule has 0 aliphatic carbocycles. The SMILES string of the molecule is CCn1ccn(CC(O)c2ccc3ccccc3c2)c1=O. The van der Waals surface area contributed by atoms with Gasteiger partial charge in [0.2, 0.25) is 0 Å². The van der Waals surface area contributed by atoms with Crippen LogP contribution in [0.2, 0.25) is 0 Å². The zero-order chi connectivity index (χ0) is 14.8. The highest BCUT2D eigenvalue weighted by Crippen LogP contribution is 2.21. The fourth-order valence-electron chi connectivity index (χ4n) is 2.54. The molecule has 0 fully saturated rings. The predicted molar refractivity (Wildman–Crippen MR) is 83.3 cm³/mol. The van der Waals surface area contributed by atoms with Gasteiger partial charge in [0.25, 0.3) is 0 Å². The first-order chi connectivity index (χ1) is 10.2. The van der Waals surface area contributed by atoms with Gasteiger partial charge in [0.15, 0.2) is 0 Å². The van der Waals surface area contributed by atoms with Crippen molar-refractivity contribution in [3.63, 3.8) is 0 Å². The lowest BCUT2D eigenvalue weighted by atomic mass is 10.0. The van der Waals surface area contributed by atoms with E-state index in [9.17, 15) is 9.90 Å². The molecular formula is C17H18N2O2. The first-order valence-corrected chi connectivity index (χ1v) is 7.11. The molecule has 0 bridgehead atoms. The van der Waals surface area contributed by atoms with Crippen LogP contribution < -0.4 is 5.69 Å². The number of aromatic nitrogens is 2. The molecule has 0 aliphatic heterocycles. The Morgan fingerprint density at radius 2 is 1.76 bits per heavy atom. The molecule has 4 nitrogen and oxygen atoms in total. The van der Waals surface area contributed by atoms with Gasteiger partial charge in [-0.25, -0.2) is 4.79 Å². The molecule has 1 aromatic heterocycles. The standard InChI is InChI=1S/C17H18N2O2/c1-2-18-9-10-19(17(18)21)12-16(20)15-8-7-13-5-3-4-6-14(13)11-15/h3-11,16,20H,2,12H2,1H3. The molecular weight excluding hydrogens is 264 g/mol.